The van der Waals surface area contributed by atoms with Crippen molar-refractivity contribution >= 4 is 32.4 Å². The first-order valence-electron chi connectivity index (χ1n) is 10.6. The van der Waals surface area contributed by atoms with Crippen molar-refractivity contribution < 1.29 is 17.6 Å². The lowest BCUT2D eigenvalue weighted by Crippen LogP contribution is -2.41. The van der Waals surface area contributed by atoms with Crippen LogP contribution >= 0.6 is 11.3 Å². The van der Waals surface area contributed by atoms with Gasteiger partial charge < -0.3 is 9.73 Å². The minimum atomic E-state index is -3.56. The first-order valence-corrected chi connectivity index (χ1v) is 12.9. The predicted molar refractivity (Wildman–Crippen MR) is 125 cm³/mol. The predicted octanol–water partition coefficient (Wildman–Crippen LogP) is 4.68. The summed E-state index contributed by atoms with van der Waals surface area (Å²) in [7, 11) is -3.56. The SMILES string of the molecule is Cc1ccc(S(=O)(=O)N2CCC(C(=O)Nc3nc(-c4cc(C)oc4C)cs3)CC2)c(C)c1. The summed E-state index contributed by atoms with van der Waals surface area (Å²) in [6.07, 6.45) is 0.961. The molecule has 4 rings (SSSR count). The number of nitrogens with zero attached hydrogens (tertiary/aromatic N) is 2. The van der Waals surface area contributed by atoms with Crippen LogP contribution in [-0.4, -0.2) is 36.7 Å². The van der Waals surface area contributed by atoms with Crippen molar-refractivity contribution in [1.29, 1.82) is 0 Å². The number of carbonyl (C=O) groups is 1. The Hall–Kier alpha value is -2.49. The maximum atomic E-state index is 13.1. The molecule has 7 nitrogen and oxygen atoms in total. The lowest BCUT2D eigenvalue weighted by atomic mass is 9.97. The number of sulfonamides is 1. The van der Waals surface area contributed by atoms with Crippen molar-refractivity contribution in [2.24, 2.45) is 5.92 Å². The van der Waals surface area contributed by atoms with Crippen molar-refractivity contribution in [2.75, 3.05) is 18.4 Å². The van der Waals surface area contributed by atoms with Gasteiger partial charge >= 0.3 is 0 Å². The minimum absolute atomic E-state index is 0.116. The number of aromatic nitrogens is 1. The van der Waals surface area contributed by atoms with E-state index in [4.69, 9.17) is 4.42 Å². The second-order valence-corrected chi connectivity index (χ2v) is 11.1. The topological polar surface area (TPSA) is 92.5 Å². The van der Waals surface area contributed by atoms with Gasteiger partial charge in [0.05, 0.1) is 10.6 Å². The van der Waals surface area contributed by atoms with Gasteiger partial charge in [0.1, 0.15) is 11.5 Å². The molecule has 3 aromatic rings. The molecule has 1 saturated heterocycles. The number of benzene rings is 1. The number of nitrogens with one attached hydrogen (secondary N) is 1. The Labute approximate surface area is 192 Å². The number of aryl methyl sites for hydroxylation is 4. The summed E-state index contributed by atoms with van der Waals surface area (Å²) in [6, 6.07) is 7.29. The van der Waals surface area contributed by atoms with Crippen LogP contribution in [0, 0.1) is 33.6 Å². The molecule has 2 aromatic heterocycles. The van der Waals surface area contributed by atoms with Crippen LogP contribution in [0.25, 0.3) is 11.3 Å². The average molecular weight is 474 g/mol. The molecule has 1 N–H and O–H groups in total. The van der Waals surface area contributed by atoms with Gasteiger partial charge in [-0.2, -0.15) is 4.31 Å². The van der Waals surface area contributed by atoms with Crippen LogP contribution in [0.2, 0.25) is 0 Å². The number of anilines is 1. The van der Waals surface area contributed by atoms with E-state index in [1.54, 1.807) is 6.07 Å². The van der Waals surface area contributed by atoms with Crippen molar-refractivity contribution in [3.8, 4) is 11.3 Å². The molecule has 3 heterocycles. The van der Waals surface area contributed by atoms with E-state index < -0.39 is 10.0 Å². The Kier molecular flexibility index (Phi) is 6.24. The monoisotopic (exact) mass is 473 g/mol. The van der Waals surface area contributed by atoms with Crippen molar-refractivity contribution in [1.82, 2.24) is 9.29 Å². The summed E-state index contributed by atoms with van der Waals surface area (Å²) in [5.74, 6) is 1.25. The summed E-state index contributed by atoms with van der Waals surface area (Å²) in [5, 5.41) is 5.33. The van der Waals surface area contributed by atoms with E-state index in [0.717, 1.165) is 33.9 Å². The molecule has 0 spiro atoms. The van der Waals surface area contributed by atoms with E-state index in [0.29, 0.717) is 36.0 Å². The Morgan fingerprint density at radius 1 is 1.16 bits per heavy atom. The smallest absolute Gasteiger partial charge is 0.243 e. The van der Waals surface area contributed by atoms with Gasteiger partial charge in [-0.25, -0.2) is 13.4 Å². The van der Waals surface area contributed by atoms with Gasteiger partial charge in [-0.15, -0.1) is 11.3 Å². The number of hydrogen-bond donors (Lipinski definition) is 1. The molecule has 170 valence electrons. The van der Waals surface area contributed by atoms with E-state index >= 15 is 0 Å². The molecule has 9 heteroatoms. The van der Waals surface area contributed by atoms with Crippen LogP contribution in [0.5, 0.6) is 0 Å². The normalized spacial score (nSPS) is 15.8. The standard InChI is InChI=1S/C23H27N3O4S2/c1-14-5-6-21(15(2)11-14)32(28,29)26-9-7-18(8-10-26)22(27)25-23-24-20(13-31-23)19-12-16(3)30-17(19)4/h5-6,11-13,18H,7-10H2,1-4H3,(H,24,25,27). The first-order chi connectivity index (χ1) is 15.1. The average Bonchev–Trinajstić information content (AvgIpc) is 3.33. The zero-order valence-corrected chi connectivity index (χ0v) is 20.3. The third-order valence-electron chi connectivity index (χ3n) is 5.82. The van der Waals surface area contributed by atoms with Crippen molar-refractivity contribution in [3.63, 3.8) is 0 Å². The number of carbonyl (C=O) groups excluding carboxylic acids is 1. The third-order valence-corrected chi connectivity index (χ3v) is 8.64. The highest BCUT2D eigenvalue weighted by atomic mass is 32.2. The quantitative estimate of drug-likeness (QED) is 0.581. The van der Waals surface area contributed by atoms with Gasteiger partial charge in [-0.3, -0.25) is 4.79 Å². The molecule has 0 aliphatic carbocycles. The lowest BCUT2D eigenvalue weighted by Gasteiger charge is -2.30. The number of hydrogen-bond acceptors (Lipinski definition) is 6. The highest BCUT2D eigenvalue weighted by Gasteiger charge is 2.33. The van der Waals surface area contributed by atoms with Crippen LogP contribution < -0.4 is 5.32 Å². The van der Waals surface area contributed by atoms with E-state index in [-0.39, 0.29) is 11.8 Å². The highest BCUT2D eigenvalue weighted by Crippen LogP contribution is 2.31. The van der Waals surface area contributed by atoms with E-state index in [1.807, 2.05) is 51.3 Å². The Morgan fingerprint density at radius 2 is 1.88 bits per heavy atom. The zero-order chi connectivity index (χ0) is 23.0. The van der Waals surface area contributed by atoms with Gasteiger partial charge in [-0.05, 0) is 58.2 Å². The molecule has 1 aromatic carbocycles. The number of furan rings is 1. The fourth-order valence-electron chi connectivity index (χ4n) is 4.13. The number of thiazole rings is 1. The highest BCUT2D eigenvalue weighted by molar-refractivity contribution is 7.89. The van der Waals surface area contributed by atoms with Crippen molar-refractivity contribution in [2.45, 2.75) is 45.4 Å². The van der Waals surface area contributed by atoms with Crippen LogP contribution in [-0.2, 0) is 14.8 Å². The number of piperidine rings is 1. The Morgan fingerprint density at radius 3 is 2.50 bits per heavy atom. The summed E-state index contributed by atoms with van der Waals surface area (Å²) >= 11 is 1.37. The van der Waals surface area contributed by atoms with Crippen LogP contribution in [0.15, 0.2) is 39.0 Å². The number of amides is 1. The van der Waals surface area contributed by atoms with E-state index in [9.17, 15) is 13.2 Å². The molecular weight excluding hydrogens is 446 g/mol. The van der Waals surface area contributed by atoms with Gasteiger partial charge in [0.15, 0.2) is 5.13 Å². The molecule has 32 heavy (non-hydrogen) atoms. The summed E-state index contributed by atoms with van der Waals surface area (Å²) < 4.78 is 33.2. The minimum Gasteiger partial charge on any atom is -0.466 e. The third kappa shape index (κ3) is 4.51. The molecule has 1 fully saturated rings. The summed E-state index contributed by atoms with van der Waals surface area (Å²) in [6.45, 7) is 8.18. The Balaban J connectivity index is 1.38. The molecule has 0 unspecified atom stereocenters. The molecule has 1 aliphatic rings. The van der Waals surface area contributed by atoms with Crippen LogP contribution in [0.1, 0.15) is 35.5 Å². The number of rotatable bonds is 5. The van der Waals surface area contributed by atoms with E-state index in [1.165, 1.54) is 15.6 Å². The zero-order valence-electron chi connectivity index (χ0n) is 18.6. The van der Waals surface area contributed by atoms with Gasteiger partial charge in [0.25, 0.3) is 0 Å². The van der Waals surface area contributed by atoms with Crippen LogP contribution in [0.3, 0.4) is 0 Å². The second-order valence-electron chi connectivity index (χ2n) is 8.30. The molecule has 0 saturated carbocycles. The first kappa shape index (κ1) is 22.7. The maximum Gasteiger partial charge on any atom is 0.243 e. The summed E-state index contributed by atoms with van der Waals surface area (Å²) in [4.78, 5) is 17.6. The summed E-state index contributed by atoms with van der Waals surface area (Å²) in [5.41, 5.74) is 3.46. The molecule has 0 atom stereocenters. The fraction of sp³-hybridized carbons (Fsp3) is 0.391. The van der Waals surface area contributed by atoms with Crippen LogP contribution in [0.4, 0.5) is 5.13 Å². The second kappa shape index (κ2) is 8.80. The van der Waals surface area contributed by atoms with Gasteiger partial charge in [0.2, 0.25) is 15.9 Å². The van der Waals surface area contributed by atoms with Crippen molar-refractivity contribution in [3.05, 3.63) is 52.3 Å². The van der Waals surface area contributed by atoms with Gasteiger partial charge in [-0.1, -0.05) is 17.7 Å². The maximum absolute atomic E-state index is 13.1. The van der Waals surface area contributed by atoms with Gasteiger partial charge in [0, 0.05) is 30.0 Å². The Bertz CT molecular complexity index is 1250. The fourth-order valence-corrected chi connectivity index (χ4v) is 6.52. The molecule has 1 aliphatic heterocycles. The molecule has 0 radical (unpaired) electrons. The molecule has 1 amide bonds. The lowest BCUT2D eigenvalue weighted by molar-refractivity contribution is -0.120. The molecule has 0 bridgehead atoms. The van der Waals surface area contributed by atoms with E-state index in [2.05, 4.69) is 10.3 Å². The molecular formula is C23H27N3O4S2. The largest absolute Gasteiger partial charge is 0.466 e.